The van der Waals surface area contributed by atoms with Crippen molar-refractivity contribution < 1.29 is 17.6 Å². The van der Waals surface area contributed by atoms with E-state index in [4.69, 9.17) is 16.7 Å². The van der Waals surface area contributed by atoms with Crippen molar-refractivity contribution in [2.24, 2.45) is 5.14 Å². The van der Waals surface area contributed by atoms with E-state index in [1.54, 1.807) is 0 Å². The summed E-state index contributed by atoms with van der Waals surface area (Å²) in [6.45, 7) is 1.07. The van der Waals surface area contributed by atoms with Crippen LogP contribution in [0.2, 0.25) is 5.02 Å². The van der Waals surface area contributed by atoms with Crippen LogP contribution in [-0.4, -0.2) is 32.3 Å². The molecule has 0 spiro atoms. The van der Waals surface area contributed by atoms with Crippen LogP contribution in [0, 0.1) is 5.82 Å². The van der Waals surface area contributed by atoms with Crippen molar-refractivity contribution in [1.82, 2.24) is 4.90 Å². The molecular weight excluding hydrogens is 295 g/mol. The largest absolute Gasteiger partial charge is 0.339 e. The molecule has 0 atom stereocenters. The molecule has 104 valence electrons. The van der Waals surface area contributed by atoms with Gasteiger partial charge in [-0.25, -0.2) is 17.9 Å². The quantitative estimate of drug-likeness (QED) is 0.896. The molecule has 1 heterocycles. The molecular formula is C11H12ClFN2O3S. The number of sulfonamides is 1. The van der Waals surface area contributed by atoms with E-state index in [0.29, 0.717) is 13.1 Å². The van der Waals surface area contributed by atoms with Crippen LogP contribution in [0.5, 0.6) is 0 Å². The van der Waals surface area contributed by atoms with Crippen LogP contribution in [-0.2, 0) is 10.0 Å². The summed E-state index contributed by atoms with van der Waals surface area (Å²) in [7, 11) is -4.10. The number of hydrogen-bond donors (Lipinski definition) is 1. The summed E-state index contributed by atoms with van der Waals surface area (Å²) in [6, 6.07) is 1.69. The second-order valence-electron chi connectivity index (χ2n) is 4.31. The number of nitrogens with zero attached hydrogens (tertiary/aromatic N) is 1. The van der Waals surface area contributed by atoms with Crippen molar-refractivity contribution in [3.05, 3.63) is 28.5 Å². The van der Waals surface area contributed by atoms with Gasteiger partial charge in [0.15, 0.2) is 0 Å². The van der Waals surface area contributed by atoms with Crippen molar-refractivity contribution in [2.75, 3.05) is 13.1 Å². The molecule has 1 aliphatic heterocycles. The Morgan fingerprint density at radius 2 is 1.89 bits per heavy atom. The van der Waals surface area contributed by atoms with E-state index in [2.05, 4.69) is 0 Å². The lowest BCUT2D eigenvalue weighted by molar-refractivity contribution is 0.0788. The minimum Gasteiger partial charge on any atom is -0.339 e. The van der Waals surface area contributed by atoms with Crippen LogP contribution in [0.4, 0.5) is 4.39 Å². The van der Waals surface area contributed by atoms with Crippen molar-refractivity contribution in [1.29, 1.82) is 0 Å². The Morgan fingerprint density at radius 1 is 1.32 bits per heavy atom. The molecule has 0 radical (unpaired) electrons. The van der Waals surface area contributed by atoms with Crippen LogP contribution in [0.15, 0.2) is 17.0 Å². The molecule has 5 nitrogen and oxygen atoms in total. The Balaban J connectivity index is 2.48. The van der Waals surface area contributed by atoms with E-state index in [9.17, 15) is 17.6 Å². The van der Waals surface area contributed by atoms with Crippen molar-refractivity contribution >= 4 is 27.5 Å². The number of nitrogens with two attached hydrogens (primary N) is 1. The van der Waals surface area contributed by atoms with Gasteiger partial charge >= 0.3 is 0 Å². The van der Waals surface area contributed by atoms with Crippen LogP contribution in [0.3, 0.4) is 0 Å². The Morgan fingerprint density at radius 3 is 2.42 bits per heavy atom. The summed E-state index contributed by atoms with van der Waals surface area (Å²) in [5.41, 5.74) is -0.324. The first-order chi connectivity index (χ1) is 8.80. The Bertz CT molecular complexity index is 627. The summed E-state index contributed by atoms with van der Waals surface area (Å²) < 4.78 is 36.4. The molecule has 0 aromatic heterocycles. The smallest absolute Gasteiger partial charge is 0.256 e. The monoisotopic (exact) mass is 306 g/mol. The Labute approximate surface area is 115 Å². The Kier molecular flexibility index (Phi) is 3.80. The maximum Gasteiger partial charge on any atom is 0.256 e. The molecule has 0 bridgehead atoms. The van der Waals surface area contributed by atoms with Gasteiger partial charge in [0.1, 0.15) is 10.7 Å². The Hall–Kier alpha value is -1.18. The highest BCUT2D eigenvalue weighted by molar-refractivity contribution is 7.89. The molecule has 19 heavy (non-hydrogen) atoms. The van der Waals surface area contributed by atoms with Crippen molar-refractivity contribution in [3.8, 4) is 0 Å². The van der Waals surface area contributed by atoms with Gasteiger partial charge in [-0.1, -0.05) is 11.6 Å². The molecule has 0 unspecified atom stereocenters. The molecule has 0 saturated carbocycles. The van der Waals surface area contributed by atoms with Crippen LogP contribution >= 0.6 is 11.6 Å². The van der Waals surface area contributed by atoms with Crippen LogP contribution in [0.25, 0.3) is 0 Å². The average molecular weight is 307 g/mol. The number of halogens is 2. The van der Waals surface area contributed by atoms with Gasteiger partial charge in [-0.2, -0.15) is 0 Å². The molecule has 2 rings (SSSR count). The topological polar surface area (TPSA) is 80.5 Å². The molecule has 8 heteroatoms. The van der Waals surface area contributed by atoms with Gasteiger partial charge in [0, 0.05) is 13.1 Å². The molecule has 2 N–H and O–H groups in total. The predicted molar refractivity (Wildman–Crippen MR) is 67.9 cm³/mol. The van der Waals surface area contributed by atoms with E-state index in [0.717, 1.165) is 25.0 Å². The summed E-state index contributed by atoms with van der Waals surface area (Å²) in [4.78, 5) is 13.1. The average Bonchev–Trinajstić information content (AvgIpc) is 2.79. The summed E-state index contributed by atoms with van der Waals surface area (Å²) in [6.07, 6.45) is 1.70. The first kappa shape index (κ1) is 14.2. The third-order valence-corrected chi connectivity index (χ3v) is 4.33. The summed E-state index contributed by atoms with van der Waals surface area (Å²) in [5, 5.41) is 4.64. The van der Waals surface area contributed by atoms with Gasteiger partial charge in [0.05, 0.1) is 10.6 Å². The van der Waals surface area contributed by atoms with Gasteiger partial charge in [0.2, 0.25) is 10.0 Å². The van der Waals surface area contributed by atoms with Crippen molar-refractivity contribution in [2.45, 2.75) is 17.7 Å². The molecule has 1 aliphatic rings. The molecule has 1 amide bonds. The number of primary sulfonamides is 1. The lowest BCUT2D eigenvalue weighted by Crippen LogP contribution is -2.29. The van der Waals surface area contributed by atoms with E-state index >= 15 is 0 Å². The number of likely N-dealkylation sites (tertiary alicyclic amines) is 1. The normalized spacial score (nSPS) is 15.8. The molecule has 1 aromatic rings. The maximum absolute atomic E-state index is 13.8. The third-order valence-electron chi connectivity index (χ3n) is 2.95. The lowest BCUT2D eigenvalue weighted by atomic mass is 10.2. The molecule has 0 aliphatic carbocycles. The van der Waals surface area contributed by atoms with Gasteiger partial charge in [-0.15, -0.1) is 0 Å². The fourth-order valence-electron chi connectivity index (χ4n) is 2.00. The fourth-order valence-corrected chi connectivity index (χ4v) is 3.09. The number of benzene rings is 1. The highest BCUT2D eigenvalue weighted by Crippen LogP contribution is 2.25. The molecule has 1 saturated heterocycles. The minimum absolute atomic E-state index is 0.324. The van der Waals surface area contributed by atoms with E-state index < -0.39 is 26.6 Å². The van der Waals surface area contributed by atoms with E-state index in [1.807, 2.05) is 0 Å². The number of amides is 1. The zero-order valence-corrected chi connectivity index (χ0v) is 11.5. The molecule has 1 fully saturated rings. The van der Waals surface area contributed by atoms with Crippen LogP contribution < -0.4 is 5.14 Å². The maximum atomic E-state index is 13.8. The minimum atomic E-state index is -4.10. The standard InChI is InChI=1S/C11H12ClFN2O3S/c12-8-6-9(13)7(5-10(8)19(14,17)18)11(16)15-3-1-2-4-15/h5-6H,1-4H2,(H2,14,17,18). The highest BCUT2D eigenvalue weighted by atomic mass is 35.5. The number of carbonyl (C=O) groups excluding carboxylic acids is 1. The second kappa shape index (κ2) is 5.07. The van der Waals surface area contributed by atoms with Crippen molar-refractivity contribution in [3.63, 3.8) is 0 Å². The number of carbonyl (C=O) groups is 1. The van der Waals surface area contributed by atoms with Crippen LogP contribution in [0.1, 0.15) is 23.2 Å². The van der Waals surface area contributed by atoms with Gasteiger partial charge in [-0.05, 0) is 25.0 Å². The fraction of sp³-hybridized carbons (Fsp3) is 0.364. The summed E-state index contributed by atoms with van der Waals surface area (Å²) >= 11 is 5.63. The zero-order valence-electron chi connectivity index (χ0n) is 9.90. The SMILES string of the molecule is NS(=O)(=O)c1cc(C(=O)N2CCCC2)c(F)cc1Cl. The first-order valence-corrected chi connectivity index (χ1v) is 7.54. The number of hydrogen-bond acceptors (Lipinski definition) is 3. The van der Waals surface area contributed by atoms with Gasteiger partial charge in [-0.3, -0.25) is 4.79 Å². The van der Waals surface area contributed by atoms with Gasteiger partial charge in [0.25, 0.3) is 5.91 Å². The van der Waals surface area contributed by atoms with E-state index in [1.165, 1.54) is 4.90 Å². The first-order valence-electron chi connectivity index (χ1n) is 5.62. The second-order valence-corrected chi connectivity index (χ2v) is 6.24. The summed E-state index contributed by atoms with van der Waals surface area (Å²) in [5.74, 6) is -1.40. The predicted octanol–water partition coefficient (Wildman–Crippen LogP) is 1.36. The third kappa shape index (κ3) is 2.88. The number of rotatable bonds is 2. The van der Waals surface area contributed by atoms with E-state index in [-0.39, 0.29) is 10.6 Å². The lowest BCUT2D eigenvalue weighted by Gasteiger charge is -2.16. The van der Waals surface area contributed by atoms with Gasteiger partial charge < -0.3 is 4.90 Å². The molecule has 1 aromatic carbocycles. The zero-order chi connectivity index (χ0) is 14.2. The highest BCUT2D eigenvalue weighted by Gasteiger charge is 2.25.